The first-order valence-corrected chi connectivity index (χ1v) is 13.8. The Morgan fingerprint density at radius 1 is 0.703 bits per heavy atom. The van der Waals surface area contributed by atoms with Crippen molar-refractivity contribution in [1.82, 2.24) is 0 Å². The maximum Gasteiger partial charge on any atom is 0.300 e. The Balaban J connectivity index is 0.000000206. The Hall–Kier alpha value is -4.14. The van der Waals surface area contributed by atoms with Gasteiger partial charge in [0.1, 0.15) is 21.6 Å². The average Bonchev–Trinajstić information content (AvgIpc) is 3.25. The summed E-state index contributed by atoms with van der Waals surface area (Å²) in [5.41, 5.74) is 1.78. The van der Waals surface area contributed by atoms with Gasteiger partial charge in [-0.15, -0.1) is 0 Å². The number of benzene rings is 3. The second-order valence-electron chi connectivity index (χ2n) is 7.80. The molecule has 0 saturated heterocycles. The lowest BCUT2D eigenvalue weighted by Crippen LogP contribution is -2.08. The number of nitrogens with zero attached hydrogens (tertiary/aromatic N) is 3. The second-order valence-corrected chi connectivity index (χ2v) is 11.3. The minimum atomic E-state index is -5.55. The molecular formula is C23H19N3O9S2. The van der Waals surface area contributed by atoms with Crippen molar-refractivity contribution in [1.29, 1.82) is 0 Å². The van der Waals surface area contributed by atoms with Gasteiger partial charge in [-0.1, -0.05) is 60.7 Å². The molecule has 3 aromatic carbocycles. The Morgan fingerprint density at radius 2 is 1.08 bits per heavy atom. The molecule has 192 valence electrons. The molecule has 0 aromatic heterocycles. The van der Waals surface area contributed by atoms with E-state index in [0.29, 0.717) is 10.9 Å². The summed E-state index contributed by atoms with van der Waals surface area (Å²) in [5.74, 6) is 2.46. The van der Waals surface area contributed by atoms with Gasteiger partial charge in [-0.3, -0.25) is 30.3 Å². The van der Waals surface area contributed by atoms with Gasteiger partial charge < -0.3 is 4.55 Å². The molecule has 0 fully saturated rings. The molecule has 14 heteroatoms. The third kappa shape index (κ3) is 6.55. The van der Waals surface area contributed by atoms with Crippen LogP contribution in [-0.2, 0) is 21.0 Å². The van der Waals surface area contributed by atoms with Crippen LogP contribution in [0.1, 0.15) is 11.1 Å². The van der Waals surface area contributed by atoms with Crippen LogP contribution in [0.5, 0.6) is 0 Å². The van der Waals surface area contributed by atoms with Crippen molar-refractivity contribution in [2.24, 2.45) is 0 Å². The Kier molecular flexibility index (Phi) is 8.37. The Morgan fingerprint density at radius 3 is 1.38 bits per heavy atom. The van der Waals surface area contributed by atoms with E-state index >= 15 is 0 Å². The number of nitro benzene ring substituents is 3. The van der Waals surface area contributed by atoms with Gasteiger partial charge in [0.15, 0.2) is 0 Å². The van der Waals surface area contributed by atoms with E-state index in [1.807, 2.05) is 0 Å². The van der Waals surface area contributed by atoms with Crippen LogP contribution in [0.25, 0.3) is 11.1 Å². The zero-order chi connectivity index (χ0) is 27.3. The predicted molar refractivity (Wildman–Crippen MR) is 137 cm³/mol. The molecule has 0 aliphatic carbocycles. The van der Waals surface area contributed by atoms with E-state index in [4.69, 9.17) is 0 Å². The fraction of sp³-hybridized carbons (Fsp3) is 0.130. The summed E-state index contributed by atoms with van der Waals surface area (Å²) in [4.78, 5) is 25.8. The van der Waals surface area contributed by atoms with Crippen LogP contribution in [-0.4, -0.2) is 45.5 Å². The van der Waals surface area contributed by atoms with Gasteiger partial charge in [-0.25, -0.2) is 8.42 Å². The molecule has 0 atom stereocenters. The molecule has 0 radical (unpaired) electrons. The predicted octanol–water partition coefficient (Wildman–Crippen LogP) is 4.17. The quantitative estimate of drug-likeness (QED) is 0.189. The van der Waals surface area contributed by atoms with Crippen molar-refractivity contribution < 1.29 is 27.7 Å². The topological polar surface area (TPSA) is 187 Å². The van der Waals surface area contributed by atoms with Crippen LogP contribution in [0.15, 0.2) is 77.7 Å². The molecule has 4 rings (SSSR count). The standard InChI is InChI=1S/C17H17S.C6H3N3O9S/c1-18-12-16(14-8-4-2-5-9-14)17(13-18)15-10-6-3-7-11-15;10-7(11)3-1-4(8(12)13)6(19(16,17)18)5(2-3)9(14)15/h2-11H,12-13H2,1H3;1-2H,(H,16,17,18)/q+1;/p-1. The summed E-state index contributed by atoms with van der Waals surface area (Å²) >= 11 is 0. The molecule has 0 N–H and O–H groups in total. The van der Waals surface area contributed by atoms with Gasteiger partial charge in [0, 0.05) is 11.1 Å². The third-order valence-electron chi connectivity index (χ3n) is 5.28. The zero-order valence-corrected chi connectivity index (χ0v) is 20.8. The van der Waals surface area contributed by atoms with Crippen LogP contribution in [0, 0.1) is 30.3 Å². The first-order valence-electron chi connectivity index (χ1n) is 10.4. The largest absolute Gasteiger partial charge is 0.744 e. The summed E-state index contributed by atoms with van der Waals surface area (Å²) in [7, 11) is -5.06. The fourth-order valence-electron chi connectivity index (χ4n) is 3.73. The molecule has 0 saturated carbocycles. The first-order chi connectivity index (χ1) is 17.4. The van der Waals surface area contributed by atoms with E-state index in [0.717, 1.165) is 0 Å². The van der Waals surface area contributed by atoms with Crippen LogP contribution >= 0.6 is 0 Å². The number of nitro groups is 3. The maximum atomic E-state index is 10.8. The molecule has 12 nitrogen and oxygen atoms in total. The molecule has 1 heterocycles. The monoisotopic (exact) mass is 545 g/mol. The van der Waals surface area contributed by atoms with E-state index in [9.17, 15) is 43.3 Å². The smallest absolute Gasteiger partial charge is 0.300 e. The summed E-state index contributed by atoms with van der Waals surface area (Å²) in [6, 6.07) is 22.0. The minimum absolute atomic E-state index is 0.164. The molecule has 0 bridgehead atoms. The lowest BCUT2D eigenvalue weighted by Gasteiger charge is -2.07. The minimum Gasteiger partial charge on any atom is -0.744 e. The lowest BCUT2D eigenvalue weighted by atomic mass is 9.97. The van der Waals surface area contributed by atoms with Gasteiger partial charge in [0.05, 0.1) is 33.2 Å². The van der Waals surface area contributed by atoms with Crippen LogP contribution < -0.4 is 0 Å². The highest BCUT2D eigenvalue weighted by atomic mass is 32.2. The maximum absolute atomic E-state index is 10.8. The molecular weight excluding hydrogens is 526 g/mol. The number of hydrogen-bond donors (Lipinski definition) is 0. The van der Waals surface area contributed by atoms with Crippen molar-refractivity contribution in [2.75, 3.05) is 17.8 Å². The lowest BCUT2D eigenvalue weighted by molar-refractivity contribution is -0.407. The van der Waals surface area contributed by atoms with E-state index in [1.165, 1.54) is 22.6 Å². The molecule has 1 aliphatic rings. The van der Waals surface area contributed by atoms with Crippen molar-refractivity contribution >= 4 is 49.2 Å². The van der Waals surface area contributed by atoms with Crippen molar-refractivity contribution in [3.63, 3.8) is 0 Å². The Bertz CT molecular complexity index is 1410. The van der Waals surface area contributed by atoms with Crippen molar-refractivity contribution in [3.05, 3.63) is 114 Å². The van der Waals surface area contributed by atoms with Crippen LogP contribution in [0.4, 0.5) is 17.1 Å². The third-order valence-corrected chi connectivity index (χ3v) is 7.76. The van der Waals surface area contributed by atoms with E-state index in [1.54, 1.807) is 11.1 Å². The first kappa shape index (κ1) is 27.4. The summed E-state index contributed by atoms with van der Waals surface area (Å²) in [5, 5.41) is 31.6. The summed E-state index contributed by atoms with van der Waals surface area (Å²) in [6.45, 7) is 0. The highest BCUT2D eigenvalue weighted by Gasteiger charge is 2.34. The number of non-ortho nitro benzene ring substituents is 1. The van der Waals surface area contributed by atoms with Crippen molar-refractivity contribution in [2.45, 2.75) is 4.90 Å². The molecule has 0 spiro atoms. The number of hydrogen-bond acceptors (Lipinski definition) is 9. The van der Waals surface area contributed by atoms with E-state index < -0.39 is 46.8 Å². The molecule has 37 heavy (non-hydrogen) atoms. The van der Waals surface area contributed by atoms with Gasteiger partial charge in [0.25, 0.3) is 5.69 Å². The highest BCUT2D eigenvalue weighted by Crippen LogP contribution is 2.37. The van der Waals surface area contributed by atoms with E-state index in [-0.39, 0.29) is 12.1 Å². The average molecular weight is 546 g/mol. The van der Waals surface area contributed by atoms with Gasteiger partial charge in [-0.2, -0.15) is 0 Å². The van der Waals surface area contributed by atoms with Crippen molar-refractivity contribution in [3.8, 4) is 0 Å². The van der Waals surface area contributed by atoms with Gasteiger partial charge in [-0.05, 0) is 22.0 Å². The molecule has 0 unspecified atom stereocenters. The SMILES string of the molecule is C[S+]1CC(c2ccccc2)=C(c2ccccc2)C1.O=[N+]([O-])c1cc([N+](=O)[O-])c(S(=O)(=O)[O-])c([N+](=O)[O-])c1. The molecule has 0 amide bonds. The second kappa shape index (κ2) is 11.3. The highest BCUT2D eigenvalue weighted by molar-refractivity contribution is 7.97. The van der Waals surface area contributed by atoms with Gasteiger partial charge >= 0.3 is 11.4 Å². The van der Waals surface area contributed by atoms with Gasteiger partial charge in [0.2, 0.25) is 4.90 Å². The Labute approximate surface area is 213 Å². The van der Waals surface area contributed by atoms with Crippen LogP contribution in [0.2, 0.25) is 0 Å². The molecule has 1 aliphatic heterocycles. The summed E-state index contributed by atoms with van der Waals surface area (Å²) < 4.78 is 32.5. The molecule has 3 aromatic rings. The van der Waals surface area contributed by atoms with Crippen LogP contribution in [0.3, 0.4) is 0 Å². The van der Waals surface area contributed by atoms with E-state index in [2.05, 4.69) is 66.9 Å². The zero-order valence-electron chi connectivity index (χ0n) is 19.2. The number of rotatable bonds is 6. The fourth-order valence-corrected chi connectivity index (χ4v) is 6.28. The normalized spacial score (nSPS) is 13.6. The summed E-state index contributed by atoms with van der Waals surface area (Å²) in [6.07, 6.45) is 2.37.